The van der Waals surface area contributed by atoms with Crippen LogP contribution in [-0.2, 0) is 52.2 Å². The summed E-state index contributed by atoms with van der Waals surface area (Å²) in [5.74, 6) is -2.21. The summed E-state index contributed by atoms with van der Waals surface area (Å²) in [6.45, 7) is 17.2. The van der Waals surface area contributed by atoms with E-state index in [0.717, 1.165) is 0 Å². The van der Waals surface area contributed by atoms with E-state index in [1.54, 1.807) is 109 Å². The van der Waals surface area contributed by atoms with E-state index in [1.807, 2.05) is 32.8 Å². The normalized spacial score (nSPS) is 37.9. The molecule has 15 heteroatoms. The second-order valence-corrected chi connectivity index (χ2v) is 20.0. The van der Waals surface area contributed by atoms with Crippen molar-refractivity contribution in [1.29, 1.82) is 0 Å². The molecule has 3 aliphatic rings. The van der Waals surface area contributed by atoms with E-state index in [9.17, 15) is 24.3 Å². The number of esters is 3. The van der Waals surface area contributed by atoms with Crippen LogP contribution < -0.4 is 0 Å². The molecule has 0 aromatic heterocycles. The highest BCUT2D eigenvalue weighted by Crippen LogP contribution is 2.42. The van der Waals surface area contributed by atoms with Crippen molar-refractivity contribution in [3.63, 3.8) is 0 Å². The summed E-state index contributed by atoms with van der Waals surface area (Å²) < 4.78 is 58.8. The average Bonchev–Trinajstić information content (AvgIpc) is 3.31. The molecular weight excluding hydrogens is 887 g/mol. The number of methoxy groups -OCH3 is 1. The van der Waals surface area contributed by atoms with Crippen LogP contribution in [0.25, 0.3) is 0 Å². The van der Waals surface area contributed by atoms with Crippen LogP contribution in [0.2, 0.25) is 0 Å². The smallest absolute Gasteiger partial charge is 0.338 e. The third kappa shape index (κ3) is 13.3. The number of allylic oxidation sites excluding steroid dienone is 1. The predicted octanol–water partition coefficient (Wildman–Crippen LogP) is 7.12. The van der Waals surface area contributed by atoms with Gasteiger partial charge in [-0.3, -0.25) is 9.59 Å². The molecule has 2 unspecified atom stereocenters. The van der Waals surface area contributed by atoms with Gasteiger partial charge in [-0.15, -0.1) is 6.42 Å². The topological polar surface area (TPSA) is 175 Å². The molecule has 5 rings (SSSR count). The average molecular weight is 962 g/mol. The predicted molar refractivity (Wildman–Crippen MR) is 257 cm³/mol. The fourth-order valence-electron chi connectivity index (χ4n) is 10.3. The lowest BCUT2D eigenvalue weighted by atomic mass is 9.76. The van der Waals surface area contributed by atoms with Crippen LogP contribution in [0.5, 0.6) is 0 Å². The third-order valence-electron chi connectivity index (χ3n) is 14.1. The number of benzene rings is 2. The summed E-state index contributed by atoms with van der Waals surface area (Å²) in [6.07, 6.45) is -0.447. The molecule has 1 N–H and O–H groups in total. The highest BCUT2D eigenvalue weighted by molar-refractivity contribution is 5.96. The molecule has 3 aliphatic heterocycles. The number of hydrogen-bond donors (Lipinski definition) is 1. The Morgan fingerprint density at radius 1 is 0.841 bits per heavy atom. The Bertz CT molecular complexity index is 2120. The SMILES string of the molecule is C#CCO[C@]1(C)C[C@@H](C)C(=O)/C(C)=C/[C@](C)(O)C(CC)OC(=O)[C@H](C)C(O[C@H]2C[C@@](C)(OC)[C@@H](OC(=O)c3ccccc3)[C@H](C)O2)[C@H](C)[C@H]1O[C@@H]1O[C@H](C)C[C@H](N(C)C)[C@H]1OC(=O)c1ccccc1. The molecular formula is C54H75NO14. The van der Waals surface area contributed by atoms with Crippen LogP contribution in [0.3, 0.4) is 0 Å². The first-order chi connectivity index (χ1) is 32.5. The van der Waals surface area contributed by atoms with Gasteiger partial charge in [0.25, 0.3) is 0 Å². The monoisotopic (exact) mass is 962 g/mol. The van der Waals surface area contributed by atoms with Crippen molar-refractivity contribution in [2.24, 2.45) is 17.8 Å². The molecule has 3 heterocycles. The van der Waals surface area contributed by atoms with Crippen LogP contribution in [-0.4, -0.2) is 140 Å². The highest BCUT2D eigenvalue weighted by Gasteiger charge is 2.54. The van der Waals surface area contributed by atoms with E-state index in [4.69, 9.17) is 49.1 Å². The minimum absolute atomic E-state index is 0.0413. The number of Topliss-reactive ketones (excluding diaryl/α,β-unsaturated/α-hetero) is 1. The number of cyclic esters (lactones) is 1. The van der Waals surface area contributed by atoms with Crippen LogP contribution in [0.15, 0.2) is 72.3 Å². The van der Waals surface area contributed by atoms with Crippen molar-refractivity contribution in [2.75, 3.05) is 27.8 Å². The minimum Gasteiger partial charge on any atom is -0.459 e. The fourth-order valence-corrected chi connectivity index (χ4v) is 10.3. The highest BCUT2D eigenvalue weighted by atomic mass is 16.7. The summed E-state index contributed by atoms with van der Waals surface area (Å²) in [5, 5.41) is 11.8. The van der Waals surface area contributed by atoms with Gasteiger partial charge in [-0.25, -0.2) is 9.59 Å². The molecule has 2 fully saturated rings. The van der Waals surface area contributed by atoms with Crippen molar-refractivity contribution >= 4 is 23.7 Å². The largest absolute Gasteiger partial charge is 0.459 e. The maximum atomic E-state index is 14.7. The molecule has 2 aromatic rings. The molecule has 16 atom stereocenters. The van der Waals surface area contributed by atoms with Gasteiger partial charge >= 0.3 is 17.9 Å². The summed E-state index contributed by atoms with van der Waals surface area (Å²) in [5.41, 5.74) is -3.35. The van der Waals surface area contributed by atoms with E-state index in [1.165, 1.54) is 20.1 Å². The first-order valence-corrected chi connectivity index (χ1v) is 24.1. The van der Waals surface area contributed by atoms with Gasteiger partial charge in [0.1, 0.15) is 23.9 Å². The van der Waals surface area contributed by atoms with Crippen molar-refractivity contribution in [3.05, 3.63) is 83.4 Å². The summed E-state index contributed by atoms with van der Waals surface area (Å²) in [4.78, 5) is 58.3. The summed E-state index contributed by atoms with van der Waals surface area (Å²) in [6, 6.07) is 16.9. The lowest BCUT2D eigenvalue weighted by molar-refractivity contribution is -0.319. The van der Waals surface area contributed by atoms with Gasteiger partial charge in [-0.1, -0.05) is 63.1 Å². The van der Waals surface area contributed by atoms with Gasteiger partial charge in [0.2, 0.25) is 0 Å². The number of rotatable bonds is 13. The van der Waals surface area contributed by atoms with Crippen molar-refractivity contribution in [1.82, 2.24) is 4.90 Å². The van der Waals surface area contributed by atoms with Crippen molar-refractivity contribution in [3.8, 4) is 12.3 Å². The number of aliphatic hydroxyl groups is 1. The molecule has 69 heavy (non-hydrogen) atoms. The summed E-state index contributed by atoms with van der Waals surface area (Å²) >= 11 is 0. The van der Waals surface area contributed by atoms with Crippen molar-refractivity contribution in [2.45, 2.75) is 173 Å². The number of carbonyl (C=O) groups is 4. The Labute approximate surface area is 408 Å². The number of ether oxygens (including phenoxy) is 9. The molecule has 380 valence electrons. The Morgan fingerprint density at radius 3 is 1.99 bits per heavy atom. The van der Waals surface area contributed by atoms with E-state index in [0.29, 0.717) is 17.5 Å². The van der Waals surface area contributed by atoms with Crippen LogP contribution in [0, 0.1) is 30.1 Å². The second kappa shape index (κ2) is 23.6. The zero-order valence-corrected chi connectivity index (χ0v) is 42.7. The minimum atomic E-state index is -1.73. The lowest BCUT2D eigenvalue weighted by Crippen LogP contribution is -2.62. The number of likely N-dealkylation sites (N-methyl/N-ethyl adjacent to an activating group) is 1. The maximum Gasteiger partial charge on any atom is 0.338 e. The van der Waals surface area contributed by atoms with E-state index in [2.05, 4.69) is 5.92 Å². The van der Waals surface area contributed by atoms with Gasteiger partial charge in [-0.2, -0.15) is 0 Å². The lowest BCUT2D eigenvalue weighted by Gasteiger charge is -2.50. The van der Waals surface area contributed by atoms with Crippen molar-refractivity contribution < 1.29 is 66.9 Å². The van der Waals surface area contributed by atoms with Crippen LogP contribution >= 0.6 is 0 Å². The number of ketones is 1. The van der Waals surface area contributed by atoms with Gasteiger partial charge in [0.05, 0.1) is 53.1 Å². The maximum absolute atomic E-state index is 14.7. The zero-order chi connectivity index (χ0) is 51.0. The number of terminal acetylenes is 1. The molecule has 2 saturated heterocycles. The first kappa shape index (κ1) is 55.4. The molecule has 0 bridgehead atoms. The third-order valence-corrected chi connectivity index (χ3v) is 14.1. The van der Waals surface area contributed by atoms with Gasteiger partial charge in [0, 0.05) is 25.4 Å². The zero-order valence-electron chi connectivity index (χ0n) is 42.7. The molecule has 0 amide bonds. The fraction of sp³-hybridized carbons (Fsp3) is 0.630. The van der Waals surface area contributed by atoms with E-state index < -0.39 is 102 Å². The van der Waals surface area contributed by atoms with Gasteiger partial charge in [-0.05, 0) is 118 Å². The van der Waals surface area contributed by atoms with Crippen LogP contribution in [0.4, 0.5) is 0 Å². The van der Waals surface area contributed by atoms with E-state index in [-0.39, 0.29) is 49.4 Å². The Hall–Kier alpha value is -4.50. The summed E-state index contributed by atoms with van der Waals surface area (Å²) in [7, 11) is 5.30. The Morgan fingerprint density at radius 2 is 1.43 bits per heavy atom. The second-order valence-electron chi connectivity index (χ2n) is 20.0. The van der Waals surface area contributed by atoms with Crippen LogP contribution in [0.1, 0.15) is 116 Å². The standard InChI is InChI=1S/C54H75NO14/c1-15-27-62-54(11)30-33(4)43(56)32(3)29-52(9,60)41(16-2)65-48(57)36(7)44(66-42-31-53(10,61-14)47(37(8)64-42)68-50(59)39-25-21-18-22-26-39)35(6)46(54)69-51-45(40(55(12)13)28-34(5)63-51)67-49(58)38-23-19-17-20-24-38/h1,17-26,29,33-37,40-42,44-47,51,60H,16,27-28,30-31H2,2-14H3/b32-29+/t33-,34-,35+,36-,37+,40+,41?,42+,44?,45-,46-,47+,51+,52+,53-,54-/m1/s1. The Kier molecular flexibility index (Phi) is 19.0. The first-order valence-electron chi connectivity index (χ1n) is 24.1. The number of hydrogen-bond acceptors (Lipinski definition) is 15. The molecule has 2 aromatic carbocycles. The Balaban J connectivity index is 1.65. The quantitative estimate of drug-likeness (QED) is 0.122. The number of carbonyl (C=O) groups excluding carboxylic acids is 4. The molecule has 0 aliphatic carbocycles. The van der Waals surface area contributed by atoms with Gasteiger partial charge in [0.15, 0.2) is 30.6 Å². The molecule has 0 spiro atoms. The number of nitrogens with zero attached hydrogens (tertiary/aromatic N) is 1. The van der Waals surface area contributed by atoms with E-state index >= 15 is 0 Å². The molecule has 0 radical (unpaired) electrons. The molecule has 15 nitrogen and oxygen atoms in total. The van der Waals surface area contributed by atoms with Gasteiger partial charge < -0.3 is 52.6 Å². The molecule has 0 saturated carbocycles.